The first-order chi connectivity index (χ1) is 12.6. The van der Waals surface area contributed by atoms with Crippen molar-refractivity contribution in [2.45, 2.75) is 82.6 Å². The Labute approximate surface area is 157 Å². The van der Waals surface area contributed by atoms with Crippen molar-refractivity contribution >= 4 is 11.6 Å². The van der Waals surface area contributed by atoms with Crippen molar-refractivity contribution in [1.82, 2.24) is 5.01 Å². The molecule has 1 aliphatic heterocycles. The SMILES string of the molecule is COC1CCC(C2=NN(C(C)=O)C(C3CCCCC3OC)C2)CC1OC. The molecule has 0 aromatic heterocycles. The summed E-state index contributed by atoms with van der Waals surface area (Å²) in [5.74, 6) is 0.800. The maximum atomic E-state index is 12.3. The van der Waals surface area contributed by atoms with Crippen LogP contribution < -0.4 is 0 Å². The number of nitrogens with zero attached hydrogens (tertiary/aromatic N) is 2. The average Bonchev–Trinajstić information content (AvgIpc) is 3.13. The van der Waals surface area contributed by atoms with Crippen molar-refractivity contribution in [2.75, 3.05) is 21.3 Å². The molecule has 0 aromatic rings. The summed E-state index contributed by atoms with van der Waals surface area (Å²) in [4.78, 5) is 12.3. The van der Waals surface area contributed by atoms with Gasteiger partial charge in [-0.15, -0.1) is 0 Å². The molecule has 3 rings (SSSR count). The van der Waals surface area contributed by atoms with Crippen LogP contribution in [-0.4, -0.2) is 62.3 Å². The van der Waals surface area contributed by atoms with Gasteiger partial charge in [0.05, 0.1) is 24.4 Å². The van der Waals surface area contributed by atoms with E-state index in [0.717, 1.165) is 38.5 Å². The van der Waals surface area contributed by atoms with Crippen molar-refractivity contribution in [3.05, 3.63) is 0 Å². The molecule has 1 heterocycles. The van der Waals surface area contributed by atoms with E-state index in [1.165, 1.54) is 18.6 Å². The molecular weight excluding hydrogens is 332 g/mol. The number of methoxy groups -OCH3 is 3. The van der Waals surface area contributed by atoms with Crippen LogP contribution >= 0.6 is 0 Å². The molecule has 6 heteroatoms. The highest BCUT2D eigenvalue weighted by Gasteiger charge is 2.43. The summed E-state index contributed by atoms with van der Waals surface area (Å²) in [6.45, 7) is 1.63. The lowest BCUT2D eigenvalue weighted by atomic mass is 9.76. The van der Waals surface area contributed by atoms with Crippen molar-refractivity contribution in [3.8, 4) is 0 Å². The Morgan fingerprint density at radius 2 is 1.65 bits per heavy atom. The summed E-state index contributed by atoms with van der Waals surface area (Å²) < 4.78 is 17.0. The number of carbonyl (C=O) groups excluding carboxylic acids is 1. The molecule has 0 N–H and O–H groups in total. The van der Waals surface area contributed by atoms with E-state index < -0.39 is 0 Å². The second kappa shape index (κ2) is 8.81. The predicted octanol–water partition coefficient (Wildman–Crippen LogP) is 3.00. The van der Waals surface area contributed by atoms with Crippen LogP contribution in [0, 0.1) is 11.8 Å². The van der Waals surface area contributed by atoms with Gasteiger partial charge in [0.15, 0.2) is 0 Å². The van der Waals surface area contributed by atoms with Gasteiger partial charge in [0.2, 0.25) is 5.91 Å². The van der Waals surface area contributed by atoms with Crippen LogP contribution in [0.15, 0.2) is 5.10 Å². The highest BCUT2D eigenvalue weighted by atomic mass is 16.5. The third-order valence-electron chi connectivity index (χ3n) is 6.65. The third kappa shape index (κ3) is 3.97. The van der Waals surface area contributed by atoms with Crippen molar-refractivity contribution in [2.24, 2.45) is 16.9 Å². The monoisotopic (exact) mass is 366 g/mol. The minimum atomic E-state index is 0.0410. The summed E-state index contributed by atoms with van der Waals surface area (Å²) in [6.07, 6.45) is 8.97. The number of amides is 1. The van der Waals surface area contributed by atoms with Crippen molar-refractivity contribution in [3.63, 3.8) is 0 Å². The van der Waals surface area contributed by atoms with Gasteiger partial charge in [0, 0.05) is 52.2 Å². The zero-order valence-corrected chi connectivity index (χ0v) is 16.6. The van der Waals surface area contributed by atoms with Gasteiger partial charge in [-0.05, 0) is 32.1 Å². The molecule has 0 aromatic carbocycles. The molecule has 6 atom stereocenters. The Balaban J connectivity index is 1.73. The lowest BCUT2D eigenvalue weighted by Crippen LogP contribution is -2.44. The van der Waals surface area contributed by atoms with E-state index in [2.05, 4.69) is 0 Å². The maximum Gasteiger partial charge on any atom is 0.239 e. The van der Waals surface area contributed by atoms with Gasteiger partial charge in [-0.25, -0.2) is 5.01 Å². The molecular formula is C20H34N2O4. The Morgan fingerprint density at radius 3 is 2.31 bits per heavy atom. The fraction of sp³-hybridized carbons (Fsp3) is 0.900. The van der Waals surface area contributed by atoms with Gasteiger partial charge >= 0.3 is 0 Å². The minimum Gasteiger partial charge on any atom is -0.381 e. The van der Waals surface area contributed by atoms with Crippen LogP contribution in [0.25, 0.3) is 0 Å². The standard InChI is InChI=1S/C20H34N2O4/c1-13(23)22-17(15-7-5-6-8-18(15)24-2)12-16(21-22)14-9-10-19(25-3)20(11-14)26-4/h14-15,17-20H,5-12H2,1-4H3. The molecule has 6 unspecified atom stereocenters. The molecule has 26 heavy (non-hydrogen) atoms. The molecule has 2 fully saturated rings. The molecule has 148 valence electrons. The van der Waals surface area contributed by atoms with Crippen LogP contribution in [0.1, 0.15) is 58.3 Å². The molecule has 2 saturated carbocycles. The zero-order valence-electron chi connectivity index (χ0n) is 16.6. The predicted molar refractivity (Wildman–Crippen MR) is 100 cm³/mol. The summed E-state index contributed by atoms with van der Waals surface area (Å²) in [5, 5.41) is 6.56. The highest BCUT2D eigenvalue weighted by Crippen LogP contribution is 2.39. The van der Waals surface area contributed by atoms with Gasteiger partial charge in [-0.3, -0.25) is 4.79 Å². The maximum absolute atomic E-state index is 12.3. The smallest absolute Gasteiger partial charge is 0.239 e. The van der Waals surface area contributed by atoms with E-state index >= 15 is 0 Å². The fourth-order valence-corrected chi connectivity index (χ4v) is 5.22. The molecule has 1 amide bonds. The number of hydrogen-bond donors (Lipinski definition) is 0. The summed E-state index contributed by atoms with van der Waals surface area (Å²) >= 11 is 0. The van der Waals surface area contributed by atoms with Crippen molar-refractivity contribution in [1.29, 1.82) is 0 Å². The number of hydrazone groups is 1. The Bertz CT molecular complexity index is 524. The van der Waals surface area contributed by atoms with E-state index in [4.69, 9.17) is 19.3 Å². The fourth-order valence-electron chi connectivity index (χ4n) is 5.22. The molecule has 0 spiro atoms. The summed E-state index contributed by atoms with van der Waals surface area (Å²) in [6, 6.07) is 0.147. The Morgan fingerprint density at radius 1 is 0.962 bits per heavy atom. The van der Waals surface area contributed by atoms with Gasteiger partial charge in [-0.2, -0.15) is 5.10 Å². The molecule has 0 saturated heterocycles. The van der Waals surface area contributed by atoms with E-state index in [0.29, 0.717) is 11.8 Å². The molecule has 2 aliphatic carbocycles. The molecule has 3 aliphatic rings. The Kier molecular flexibility index (Phi) is 6.70. The normalized spacial score (nSPS) is 38.3. The second-order valence-electron chi connectivity index (χ2n) is 8.01. The number of hydrogen-bond acceptors (Lipinski definition) is 5. The van der Waals surface area contributed by atoms with E-state index in [1.807, 2.05) is 0 Å². The highest BCUT2D eigenvalue weighted by molar-refractivity contribution is 5.91. The number of rotatable bonds is 5. The van der Waals surface area contributed by atoms with Crippen LogP contribution in [0.5, 0.6) is 0 Å². The first-order valence-electron chi connectivity index (χ1n) is 10.0. The quantitative estimate of drug-likeness (QED) is 0.750. The van der Waals surface area contributed by atoms with Crippen molar-refractivity contribution < 1.29 is 19.0 Å². The Hall–Kier alpha value is -0.980. The molecule has 0 radical (unpaired) electrons. The van der Waals surface area contributed by atoms with Gasteiger partial charge < -0.3 is 14.2 Å². The average molecular weight is 367 g/mol. The van der Waals surface area contributed by atoms with Crippen LogP contribution in [0.3, 0.4) is 0 Å². The zero-order chi connectivity index (χ0) is 18.7. The first kappa shape index (κ1) is 19.8. The lowest BCUT2D eigenvalue weighted by Gasteiger charge is -2.37. The van der Waals surface area contributed by atoms with E-state index in [9.17, 15) is 4.79 Å². The number of carbonyl (C=O) groups is 1. The van der Waals surface area contributed by atoms with Gasteiger partial charge in [0.1, 0.15) is 0 Å². The summed E-state index contributed by atoms with van der Waals surface area (Å²) in [5.41, 5.74) is 1.17. The van der Waals surface area contributed by atoms with Crippen LogP contribution in [0.4, 0.5) is 0 Å². The minimum absolute atomic E-state index is 0.0410. The summed E-state index contributed by atoms with van der Waals surface area (Å²) in [7, 11) is 5.31. The van der Waals surface area contributed by atoms with E-state index in [1.54, 1.807) is 33.3 Å². The second-order valence-corrected chi connectivity index (χ2v) is 8.01. The van der Waals surface area contributed by atoms with Crippen LogP contribution in [0.2, 0.25) is 0 Å². The lowest BCUT2D eigenvalue weighted by molar-refractivity contribution is -0.133. The largest absolute Gasteiger partial charge is 0.381 e. The number of ether oxygens (including phenoxy) is 3. The van der Waals surface area contributed by atoms with Gasteiger partial charge in [0.25, 0.3) is 0 Å². The van der Waals surface area contributed by atoms with E-state index in [-0.39, 0.29) is 30.3 Å². The first-order valence-corrected chi connectivity index (χ1v) is 10.0. The van der Waals surface area contributed by atoms with Gasteiger partial charge in [-0.1, -0.05) is 12.8 Å². The third-order valence-corrected chi connectivity index (χ3v) is 6.65. The molecule has 0 bridgehead atoms. The topological polar surface area (TPSA) is 60.4 Å². The molecule has 6 nitrogen and oxygen atoms in total. The van der Waals surface area contributed by atoms with Crippen LogP contribution in [-0.2, 0) is 19.0 Å².